The summed E-state index contributed by atoms with van der Waals surface area (Å²) in [4.78, 5) is 4.58. The molecule has 0 aromatic carbocycles. The van der Waals surface area contributed by atoms with Gasteiger partial charge in [0.1, 0.15) is 5.01 Å². The number of hydrogen-bond acceptors (Lipinski definition) is 4. The first-order valence-electron chi connectivity index (χ1n) is 4.93. The van der Waals surface area contributed by atoms with Gasteiger partial charge in [-0.3, -0.25) is 0 Å². The summed E-state index contributed by atoms with van der Waals surface area (Å²) >= 11 is 3.58. The molecule has 1 aromatic heterocycles. The normalized spacial score (nSPS) is 19.3. The van der Waals surface area contributed by atoms with Crippen LogP contribution in [0.2, 0.25) is 0 Å². The van der Waals surface area contributed by atoms with Gasteiger partial charge in [0.05, 0.1) is 5.69 Å². The van der Waals surface area contributed by atoms with Gasteiger partial charge in [0.2, 0.25) is 0 Å². The summed E-state index contributed by atoms with van der Waals surface area (Å²) in [6.07, 6.45) is 6.71. The Balaban J connectivity index is 1.95. The van der Waals surface area contributed by atoms with Crippen molar-refractivity contribution in [2.45, 2.75) is 37.0 Å². The highest BCUT2D eigenvalue weighted by Gasteiger charge is 2.33. The Morgan fingerprint density at radius 1 is 1.64 bits per heavy atom. The summed E-state index contributed by atoms with van der Waals surface area (Å²) in [6, 6.07) is 0. The molecule has 1 heterocycles. The van der Waals surface area contributed by atoms with E-state index < -0.39 is 0 Å². The van der Waals surface area contributed by atoms with Crippen LogP contribution in [0.4, 0.5) is 0 Å². The number of rotatable bonds is 4. The second kappa shape index (κ2) is 4.21. The monoisotopic (exact) mass is 228 g/mol. The fourth-order valence-electron chi connectivity index (χ4n) is 1.79. The molecule has 0 amide bonds. The fourth-order valence-corrected chi connectivity index (χ4v) is 3.30. The average Bonchev–Trinajstić information content (AvgIpc) is 2.51. The van der Waals surface area contributed by atoms with Gasteiger partial charge in [-0.25, -0.2) is 4.98 Å². The van der Waals surface area contributed by atoms with Crippen LogP contribution in [0.25, 0.3) is 0 Å². The average molecular weight is 228 g/mol. The van der Waals surface area contributed by atoms with Crippen molar-refractivity contribution in [3.8, 4) is 0 Å². The van der Waals surface area contributed by atoms with Crippen LogP contribution in [0.1, 0.15) is 30.0 Å². The minimum Gasteiger partial charge on any atom is -0.325 e. The highest BCUT2D eigenvalue weighted by molar-refractivity contribution is 7.97. The maximum atomic E-state index is 6.18. The van der Waals surface area contributed by atoms with Crippen LogP contribution in [-0.4, -0.2) is 16.8 Å². The summed E-state index contributed by atoms with van der Waals surface area (Å²) in [5.74, 6) is 1.03. The lowest BCUT2D eigenvalue weighted by Crippen LogP contribution is -2.48. The molecule has 2 N–H and O–H groups in total. The molecule has 4 heteroatoms. The van der Waals surface area contributed by atoms with Crippen molar-refractivity contribution in [1.29, 1.82) is 0 Å². The molecular weight excluding hydrogens is 212 g/mol. The third-order valence-corrected chi connectivity index (χ3v) is 4.39. The molecule has 2 nitrogen and oxygen atoms in total. The van der Waals surface area contributed by atoms with Crippen LogP contribution >= 0.6 is 23.1 Å². The molecule has 2 rings (SSSR count). The van der Waals surface area contributed by atoms with Crippen molar-refractivity contribution in [2.24, 2.45) is 5.73 Å². The van der Waals surface area contributed by atoms with Gasteiger partial charge in [-0.15, -0.1) is 11.3 Å². The van der Waals surface area contributed by atoms with Gasteiger partial charge >= 0.3 is 0 Å². The van der Waals surface area contributed by atoms with Crippen LogP contribution < -0.4 is 5.73 Å². The standard InChI is InChI=1S/C10H16N2S2/c1-13-7-9-12-8(6-14-9)5-10(11)3-2-4-10/h6H,2-5,7,11H2,1H3. The Kier molecular flexibility index (Phi) is 3.14. The predicted octanol–water partition coefficient (Wildman–Crippen LogP) is 2.43. The van der Waals surface area contributed by atoms with Gasteiger partial charge in [-0.2, -0.15) is 11.8 Å². The Labute approximate surface area is 93.3 Å². The van der Waals surface area contributed by atoms with E-state index in [1.54, 1.807) is 11.3 Å². The van der Waals surface area contributed by atoms with E-state index in [0.29, 0.717) is 0 Å². The van der Waals surface area contributed by atoms with Crippen molar-refractivity contribution in [3.05, 3.63) is 16.1 Å². The van der Waals surface area contributed by atoms with E-state index in [-0.39, 0.29) is 5.54 Å². The maximum Gasteiger partial charge on any atom is 0.103 e. The summed E-state index contributed by atoms with van der Waals surface area (Å²) < 4.78 is 0. The lowest BCUT2D eigenvalue weighted by atomic mass is 9.75. The lowest BCUT2D eigenvalue weighted by molar-refractivity contribution is 0.246. The van der Waals surface area contributed by atoms with Gasteiger partial charge in [0.25, 0.3) is 0 Å². The zero-order valence-corrected chi connectivity index (χ0v) is 10.1. The lowest BCUT2D eigenvalue weighted by Gasteiger charge is -2.37. The molecule has 0 bridgehead atoms. The number of thioether (sulfide) groups is 1. The Morgan fingerprint density at radius 2 is 2.43 bits per heavy atom. The van der Waals surface area contributed by atoms with Crippen LogP contribution in [0.5, 0.6) is 0 Å². The fraction of sp³-hybridized carbons (Fsp3) is 0.700. The minimum absolute atomic E-state index is 0.0741. The zero-order chi connectivity index (χ0) is 10.0. The van der Waals surface area contributed by atoms with E-state index in [1.165, 1.54) is 30.0 Å². The molecule has 78 valence electrons. The molecule has 0 saturated heterocycles. The smallest absolute Gasteiger partial charge is 0.103 e. The highest BCUT2D eigenvalue weighted by Crippen LogP contribution is 2.32. The second-order valence-electron chi connectivity index (χ2n) is 4.06. The number of hydrogen-bond donors (Lipinski definition) is 1. The van der Waals surface area contributed by atoms with Gasteiger partial charge in [0, 0.05) is 23.1 Å². The summed E-state index contributed by atoms with van der Waals surface area (Å²) in [5, 5.41) is 3.40. The van der Waals surface area contributed by atoms with Crippen LogP contribution in [0, 0.1) is 0 Å². The molecule has 1 aliphatic carbocycles. The molecule has 1 aliphatic rings. The van der Waals surface area contributed by atoms with E-state index in [1.807, 2.05) is 11.8 Å². The summed E-state index contributed by atoms with van der Waals surface area (Å²) in [5.41, 5.74) is 7.45. The number of thiazole rings is 1. The van der Waals surface area contributed by atoms with Gasteiger partial charge in [0.15, 0.2) is 0 Å². The van der Waals surface area contributed by atoms with Gasteiger partial charge < -0.3 is 5.73 Å². The molecule has 1 aromatic rings. The van der Waals surface area contributed by atoms with E-state index in [0.717, 1.165) is 12.2 Å². The van der Waals surface area contributed by atoms with E-state index in [2.05, 4.69) is 16.6 Å². The van der Waals surface area contributed by atoms with E-state index in [9.17, 15) is 0 Å². The molecule has 1 saturated carbocycles. The third kappa shape index (κ3) is 2.30. The van der Waals surface area contributed by atoms with Crippen molar-refractivity contribution in [2.75, 3.05) is 6.26 Å². The minimum atomic E-state index is 0.0741. The van der Waals surface area contributed by atoms with Crippen molar-refractivity contribution in [1.82, 2.24) is 4.98 Å². The third-order valence-electron chi connectivity index (χ3n) is 2.75. The molecule has 0 aliphatic heterocycles. The summed E-state index contributed by atoms with van der Waals surface area (Å²) in [7, 11) is 0. The van der Waals surface area contributed by atoms with Gasteiger partial charge in [-0.05, 0) is 25.5 Å². The van der Waals surface area contributed by atoms with E-state index in [4.69, 9.17) is 5.73 Å². The first kappa shape index (κ1) is 10.5. The zero-order valence-electron chi connectivity index (χ0n) is 8.45. The number of aromatic nitrogens is 1. The molecule has 0 atom stereocenters. The quantitative estimate of drug-likeness (QED) is 0.860. The number of nitrogens with zero attached hydrogens (tertiary/aromatic N) is 1. The molecular formula is C10H16N2S2. The molecule has 1 fully saturated rings. The Bertz CT molecular complexity index is 305. The summed E-state index contributed by atoms with van der Waals surface area (Å²) in [6.45, 7) is 0. The predicted molar refractivity (Wildman–Crippen MR) is 63.8 cm³/mol. The molecule has 0 radical (unpaired) electrons. The first-order valence-corrected chi connectivity index (χ1v) is 7.20. The Hall–Kier alpha value is -0.0600. The Morgan fingerprint density at radius 3 is 3.00 bits per heavy atom. The van der Waals surface area contributed by atoms with E-state index >= 15 is 0 Å². The van der Waals surface area contributed by atoms with Crippen molar-refractivity contribution < 1.29 is 0 Å². The largest absolute Gasteiger partial charge is 0.325 e. The molecule has 14 heavy (non-hydrogen) atoms. The second-order valence-corrected chi connectivity index (χ2v) is 5.87. The molecule has 0 unspecified atom stereocenters. The number of nitrogens with two attached hydrogens (primary N) is 1. The van der Waals surface area contributed by atoms with Crippen molar-refractivity contribution >= 4 is 23.1 Å². The van der Waals surface area contributed by atoms with Crippen LogP contribution in [-0.2, 0) is 12.2 Å². The topological polar surface area (TPSA) is 38.9 Å². The first-order chi connectivity index (χ1) is 6.72. The SMILES string of the molecule is CSCc1nc(CC2(N)CCC2)cs1. The van der Waals surface area contributed by atoms with Crippen molar-refractivity contribution in [3.63, 3.8) is 0 Å². The van der Waals surface area contributed by atoms with Gasteiger partial charge in [-0.1, -0.05) is 0 Å². The molecule has 0 spiro atoms. The maximum absolute atomic E-state index is 6.18. The van der Waals surface area contributed by atoms with Crippen LogP contribution in [0.3, 0.4) is 0 Å². The highest BCUT2D eigenvalue weighted by atomic mass is 32.2. The van der Waals surface area contributed by atoms with Crippen LogP contribution in [0.15, 0.2) is 5.38 Å².